The van der Waals surface area contributed by atoms with Gasteiger partial charge in [0.05, 0.1) is 12.1 Å². The van der Waals surface area contributed by atoms with E-state index in [0.717, 1.165) is 11.3 Å². The van der Waals surface area contributed by atoms with Crippen molar-refractivity contribution < 1.29 is 9.90 Å². The number of nitrogens with one attached hydrogen (secondary N) is 1. The SMILES string of the molecule is CC(C)C(CCO)NC(=O)Cc1ccc(-n2cccn2)cc1. The van der Waals surface area contributed by atoms with Crippen molar-refractivity contribution in [3.8, 4) is 5.69 Å². The maximum Gasteiger partial charge on any atom is 0.224 e. The van der Waals surface area contributed by atoms with Crippen LogP contribution in [0.1, 0.15) is 25.8 Å². The Kier molecular flexibility index (Phi) is 5.72. The van der Waals surface area contributed by atoms with E-state index in [-0.39, 0.29) is 18.6 Å². The number of nitrogens with zero attached hydrogens (tertiary/aromatic N) is 2. The van der Waals surface area contributed by atoms with Gasteiger partial charge in [-0.25, -0.2) is 4.68 Å². The Labute approximate surface area is 131 Å². The van der Waals surface area contributed by atoms with E-state index >= 15 is 0 Å². The fourth-order valence-corrected chi connectivity index (χ4v) is 2.34. The number of benzene rings is 1. The van der Waals surface area contributed by atoms with Gasteiger partial charge in [-0.2, -0.15) is 5.10 Å². The summed E-state index contributed by atoms with van der Waals surface area (Å²) in [5.74, 6) is 0.289. The first-order valence-corrected chi connectivity index (χ1v) is 7.59. The van der Waals surface area contributed by atoms with Crippen LogP contribution in [0.15, 0.2) is 42.7 Å². The van der Waals surface area contributed by atoms with Gasteiger partial charge in [0.2, 0.25) is 5.91 Å². The number of aliphatic hydroxyl groups excluding tert-OH is 1. The third kappa shape index (κ3) is 4.43. The summed E-state index contributed by atoms with van der Waals surface area (Å²) in [7, 11) is 0. The Morgan fingerprint density at radius 2 is 2.05 bits per heavy atom. The fraction of sp³-hybridized carbons (Fsp3) is 0.412. The molecular formula is C17H23N3O2. The maximum atomic E-state index is 12.1. The van der Waals surface area contributed by atoms with Gasteiger partial charge in [-0.3, -0.25) is 4.79 Å². The molecule has 2 rings (SSSR count). The van der Waals surface area contributed by atoms with Crippen LogP contribution in [0.2, 0.25) is 0 Å². The number of amides is 1. The highest BCUT2D eigenvalue weighted by Crippen LogP contribution is 2.10. The largest absolute Gasteiger partial charge is 0.396 e. The Morgan fingerprint density at radius 1 is 1.32 bits per heavy atom. The van der Waals surface area contributed by atoms with Gasteiger partial charge in [0, 0.05) is 25.0 Å². The Morgan fingerprint density at radius 3 is 2.59 bits per heavy atom. The molecular weight excluding hydrogens is 278 g/mol. The standard InChI is InChI=1S/C17H23N3O2/c1-13(2)16(8-11-21)19-17(22)12-14-4-6-15(7-5-14)20-10-3-9-18-20/h3-7,9-10,13,16,21H,8,11-12H2,1-2H3,(H,19,22). The minimum atomic E-state index is -0.0148. The number of aromatic nitrogens is 2. The molecule has 5 nitrogen and oxygen atoms in total. The van der Waals surface area contributed by atoms with E-state index < -0.39 is 0 Å². The summed E-state index contributed by atoms with van der Waals surface area (Å²) >= 11 is 0. The molecule has 2 N–H and O–H groups in total. The molecule has 22 heavy (non-hydrogen) atoms. The third-order valence-corrected chi connectivity index (χ3v) is 3.66. The molecule has 1 aromatic carbocycles. The smallest absolute Gasteiger partial charge is 0.224 e. The van der Waals surface area contributed by atoms with E-state index in [0.29, 0.717) is 18.8 Å². The van der Waals surface area contributed by atoms with Gasteiger partial charge >= 0.3 is 0 Å². The summed E-state index contributed by atoms with van der Waals surface area (Å²) in [6, 6.07) is 9.65. The van der Waals surface area contributed by atoms with E-state index in [1.807, 2.05) is 50.4 Å². The molecule has 0 spiro atoms. The Balaban J connectivity index is 1.94. The Hall–Kier alpha value is -2.14. The minimum absolute atomic E-state index is 0.0147. The highest BCUT2D eigenvalue weighted by atomic mass is 16.3. The third-order valence-electron chi connectivity index (χ3n) is 3.66. The van der Waals surface area contributed by atoms with Gasteiger partial charge < -0.3 is 10.4 Å². The molecule has 1 heterocycles. The lowest BCUT2D eigenvalue weighted by Crippen LogP contribution is -2.40. The van der Waals surface area contributed by atoms with Crippen LogP contribution in [0.5, 0.6) is 0 Å². The molecule has 1 aromatic heterocycles. The van der Waals surface area contributed by atoms with Gasteiger partial charge in [0.25, 0.3) is 0 Å². The van der Waals surface area contributed by atoms with Crippen molar-refractivity contribution in [2.45, 2.75) is 32.7 Å². The van der Waals surface area contributed by atoms with Crippen molar-refractivity contribution in [2.75, 3.05) is 6.61 Å². The second kappa shape index (κ2) is 7.75. The topological polar surface area (TPSA) is 67.2 Å². The average Bonchev–Trinajstić information content (AvgIpc) is 3.01. The summed E-state index contributed by atoms with van der Waals surface area (Å²) in [4.78, 5) is 12.1. The number of hydrogen-bond donors (Lipinski definition) is 2. The lowest BCUT2D eigenvalue weighted by molar-refractivity contribution is -0.121. The molecule has 0 bridgehead atoms. The summed E-state index contributed by atoms with van der Waals surface area (Å²) in [5.41, 5.74) is 1.93. The van der Waals surface area contributed by atoms with Gasteiger partial charge in [-0.05, 0) is 36.1 Å². The molecule has 5 heteroatoms. The second-order valence-electron chi connectivity index (χ2n) is 5.72. The van der Waals surface area contributed by atoms with Crippen molar-refractivity contribution in [1.29, 1.82) is 0 Å². The molecule has 0 aliphatic rings. The lowest BCUT2D eigenvalue weighted by Gasteiger charge is -2.21. The lowest BCUT2D eigenvalue weighted by atomic mass is 10.0. The first-order chi connectivity index (χ1) is 10.6. The summed E-state index contributed by atoms with van der Waals surface area (Å²) in [5, 5.41) is 16.2. The maximum absolute atomic E-state index is 12.1. The number of aliphatic hydroxyl groups is 1. The number of carbonyl (C=O) groups excluding carboxylic acids is 1. The average molecular weight is 301 g/mol. The normalized spacial score (nSPS) is 12.4. The molecule has 2 aromatic rings. The first kappa shape index (κ1) is 16.2. The molecule has 0 fully saturated rings. The van der Waals surface area contributed by atoms with Crippen molar-refractivity contribution in [3.63, 3.8) is 0 Å². The van der Waals surface area contributed by atoms with Crippen LogP contribution >= 0.6 is 0 Å². The molecule has 0 radical (unpaired) electrons. The van der Waals surface area contributed by atoms with Crippen molar-refractivity contribution in [1.82, 2.24) is 15.1 Å². The zero-order chi connectivity index (χ0) is 15.9. The molecule has 1 amide bonds. The van der Waals surface area contributed by atoms with Crippen molar-refractivity contribution >= 4 is 5.91 Å². The molecule has 118 valence electrons. The van der Waals surface area contributed by atoms with Gasteiger partial charge in [-0.1, -0.05) is 26.0 Å². The predicted molar refractivity (Wildman–Crippen MR) is 85.7 cm³/mol. The highest BCUT2D eigenvalue weighted by Gasteiger charge is 2.15. The molecule has 0 saturated heterocycles. The predicted octanol–water partition coefficient (Wildman–Crippen LogP) is 1.94. The summed E-state index contributed by atoms with van der Waals surface area (Å²) < 4.78 is 1.78. The molecule has 1 atom stereocenters. The van der Waals surface area contributed by atoms with Crippen LogP contribution in [-0.2, 0) is 11.2 Å². The van der Waals surface area contributed by atoms with Crippen LogP contribution < -0.4 is 5.32 Å². The Bertz CT molecular complexity index is 576. The van der Waals surface area contributed by atoms with E-state index in [4.69, 9.17) is 5.11 Å². The van der Waals surface area contributed by atoms with E-state index in [1.165, 1.54) is 0 Å². The van der Waals surface area contributed by atoms with Gasteiger partial charge in [-0.15, -0.1) is 0 Å². The zero-order valence-electron chi connectivity index (χ0n) is 13.1. The van der Waals surface area contributed by atoms with E-state index in [1.54, 1.807) is 10.9 Å². The molecule has 0 aliphatic heterocycles. The fourth-order valence-electron chi connectivity index (χ4n) is 2.34. The first-order valence-electron chi connectivity index (χ1n) is 7.59. The van der Waals surface area contributed by atoms with Crippen LogP contribution in [0.3, 0.4) is 0 Å². The molecule has 1 unspecified atom stereocenters. The van der Waals surface area contributed by atoms with Crippen molar-refractivity contribution in [2.24, 2.45) is 5.92 Å². The number of rotatable bonds is 7. The van der Waals surface area contributed by atoms with E-state index in [2.05, 4.69) is 10.4 Å². The van der Waals surface area contributed by atoms with Gasteiger partial charge in [0.15, 0.2) is 0 Å². The van der Waals surface area contributed by atoms with Crippen LogP contribution in [0, 0.1) is 5.92 Å². The van der Waals surface area contributed by atoms with Crippen LogP contribution in [0.25, 0.3) is 5.69 Å². The second-order valence-corrected chi connectivity index (χ2v) is 5.72. The van der Waals surface area contributed by atoms with Gasteiger partial charge in [0.1, 0.15) is 0 Å². The molecule has 0 aliphatic carbocycles. The minimum Gasteiger partial charge on any atom is -0.396 e. The van der Waals surface area contributed by atoms with Crippen LogP contribution in [0.4, 0.5) is 0 Å². The zero-order valence-corrected chi connectivity index (χ0v) is 13.1. The van der Waals surface area contributed by atoms with E-state index in [9.17, 15) is 4.79 Å². The monoisotopic (exact) mass is 301 g/mol. The van der Waals surface area contributed by atoms with Crippen molar-refractivity contribution in [3.05, 3.63) is 48.3 Å². The number of hydrogen-bond acceptors (Lipinski definition) is 3. The quantitative estimate of drug-likeness (QED) is 0.821. The number of carbonyl (C=O) groups is 1. The molecule has 0 saturated carbocycles. The highest BCUT2D eigenvalue weighted by molar-refractivity contribution is 5.78. The van der Waals surface area contributed by atoms with Crippen LogP contribution in [-0.4, -0.2) is 33.4 Å². The summed E-state index contributed by atoms with van der Waals surface area (Å²) in [6.07, 6.45) is 4.54. The summed E-state index contributed by atoms with van der Waals surface area (Å²) in [6.45, 7) is 4.17.